The van der Waals surface area contributed by atoms with Gasteiger partial charge in [-0.1, -0.05) is 44.2 Å². The normalized spacial score (nSPS) is 35.7. The molecule has 19 heavy (non-hydrogen) atoms. The fourth-order valence-electron chi connectivity index (χ4n) is 4.59. The number of fused-ring (bicyclic) bond motifs is 2. The molecule has 1 heteroatoms. The van der Waals surface area contributed by atoms with Crippen molar-refractivity contribution in [3.8, 4) is 0 Å². The fourth-order valence-corrected chi connectivity index (χ4v) is 4.59. The molecule has 3 rings (SSSR count). The highest BCUT2D eigenvalue weighted by Crippen LogP contribution is 2.61. The van der Waals surface area contributed by atoms with Gasteiger partial charge >= 0.3 is 0 Å². The third-order valence-corrected chi connectivity index (χ3v) is 6.36. The van der Waals surface area contributed by atoms with E-state index in [4.69, 9.17) is 0 Å². The second-order valence-electron chi connectivity index (χ2n) is 7.29. The van der Waals surface area contributed by atoms with Crippen LogP contribution in [0.25, 0.3) is 0 Å². The lowest BCUT2D eigenvalue weighted by atomic mass is 9.64. The average Bonchev–Trinajstić information content (AvgIpc) is 2.95. The van der Waals surface area contributed by atoms with E-state index in [-0.39, 0.29) is 0 Å². The summed E-state index contributed by atoms with van der Waals surface area (Å²) in [6, 6.07) is 10.8. The van der Waals surface area contributed by atoms with E-state index in [1.165, 1.54) is 24.8 Å². The molecule has 2 aliphatic rings. The maximum absolute atomic E-state index is 3.93. The van der Waals surface area contributed by atoms with Crippen LogP contribution in [0.1, 0.15) is 45.6 Å². The number of nitrogens with one attached hydrogen (secondary N) is 1. The largest absolute Gasteiger partial charge is 0.310 e. The Morgan fingerprint density at radius 2 is 1.74 bits per heavy atom. The molecule has 2 aliphatic carbocycles. The highest BCUT2D eigenvalue weighted by Gasteiger charge is 2.59. The molecule has 0 unspecified atom stereocenters. The molecular weight excluding hydrogens is 230 g/mol. The Balaban J connectivity index is 1.63. The third kappa shape index (κ3) is 2.03. The van der Waals surface area contributed by atoms with E-state index in [0.717, 1.165) is 24.8 Å². The Kier molecular flexibility index (Phi) is 3.21. The zero-order valence-corrected chi connectivity index (χ0v) is 12.6. The molecule has 0 amide bonds. The molecule has 1 aromatic rings. The predicted molar refractivity (Wildman–Crippen MR) is 81.2 cm³/mol. The van der Waals surface area contributed by atoms with E-state index in [0.29, 0.717) is 11.0 Å². The van der Waals surface area contributed by atoms with Crippen molar-refractivity contribution < 1.29 is 0 Å². The van der Waals surface area contributed by atoms with E-state index in [2.05, 4.69) is 56.4 Å². The first kappa shape index (κ1) is 13.2. The first-order valence-corrected chi connectivity index (χ1v) is 7.83. The number of hydrogen-bond acceptors (Lipinski definition) is 1. The molecule has 2 bridgehead atoms. The molecule has 104 valence electrons. The molecule has 0 heterocycles. The first-order valence-electron chi connectivity index (χ1n) is 7.83. The summed E-state index contributed by atoms with van der Waals surface area (Å²) in [4.78, 5) is 0. The van der Waals surface area contributed by atoms with Crippen molar-refractivity contribution >= 4 is 0 Å². The van der Waals surface area contributed by atoms with Gasteiger partial charge in [-0.05, 0) is 62.0 Å². The molecule has 0 aliphatic heterocycles. The Morgan fingerprint density at radius 3 is 2.37 bits per heavy atom. The van der Waals surface area contributed by atoms with E-state index in [9.17, 15) is 0 Å². The van der Waals surface area contributed by atoms with E-state index in [1.807, 2.05) is 0 Å². The highest BCUT2D eigenvalue weighted by atomic mass is 15.0. The van der Waals surface area contributed by atoms with Crippen molar-refractivity contribution in [3.63, 3.8) is 0 Å². The van der Waals surface area contributed by atoms with Crippen LogP contribution in [0.4, 0.5) is 0 Å². The van der Waals surface area contributed by atoms with Gasteiger partial charge in [-0.15, -0.1) is 0 Å². The second kappa shape index (κ2) is 4.63. The van der Waals surface area contributed by atoms with Crippen LogP contribution in [-0.2, 0) is 6.42 Å². The van der Waals surface area contributed by atoms with Gasteiger partial charge in [0.2, 0.25) is 0 Å². The monoisotopic (exact) mass is 257 g/mol. The summed E-state index contributed by atoms with van der Waals surface area (Å²) in [5.41, 5.74) is 2.23. The van der Waals surface area contributed by atoms with Crippen LogP contribution in [0.15, 0.2) is 30.3 Å². The van der Waals surface area contributed by atoms with Crippen LogP contribution in [0, 0.1) is 17.3 Å². The molecule has 0 spiro atoms. The van der Waals surface area contributed by atoms with Gasteiger partial charge in [0.1, 0.15) is 0 Å². The Hall–Kier alpha value is -0.820. The van der Waals surface area contributed by atoms with Crippen LogP contribution in [0.3, 0.4) is 0 Å². The van der Waals surface area contributed by atoms with Gasteiger partial charge < -0.3 is 5.32 Å². The average molecular weight is 257 g/mol. The molecule has 1 nitrogen and oxygen atoms in total. The topological polar surface area (TPSA) is 12.0 Å². The molecule has 1 N–H and O–H groups in total. The molecule has 0 radical (unpaired) electrons. The first-order chi connectivity index (χ1) is 9.04. The van der Waals surface area contributed by atoms with Gasteiger partial charge in [-0.3, -0.25) is 0 Å². The van der Waals surface area contributed by atoms with E-state index < -0.39 is 0 Å². The van der Waals surface area contributed by atoms with Crippen LogP contribution in [0.5, 0.6) is 0 Å². The van der Waals surface area contributed by atoms with Crippen molar-refractivity contribution in [2.45, 2.75) is 52.0 Å². The van der Waals surface area contributed by atoms with Crippen molar-refractivity contribution in [1.82, 2.24) is 5.32 Å². The lowest BCUT2D eigenvalue weighted by Gasteiger charge is -2.48. The summed E-state index contributed by atoms with van der Waals surface area (Å²) < 4.78 is 0. The van der Waals surface area contributed by atoms with Gasteiger partial charge in [-0.25, -0.2) is 0 Å². The summed E-state index contributed by atoms with van der Waals surface area (Å²) in [6.07, 6.45) is 5.47. The minimum Gasteiger partial charge on any atom is -0.310 e. The summed E-state index contributed by atoms with van der Waals surface area (Å²) in [5.74, 6) is 1.83. The van der Waals surface area contributed by atoms with Crippen LogP contribution in [0.2, 0.25) is 0 Å². The van der Waals surface area contributed by atoms with Crippen molar-refractivity contribution in [3.05, 3.63) is 35.9 Å². The molecule has 0 aromatic heterocycles. The van der Waals surface area contributed by atoms with Crippen molar-refractivity contribution in [2.24, 2.45) is 17.3 Å². The van der Waals surface area contributed by atoms with Crippen molar-refractivity contribution in [1.29, 1.82) is 0 Å². The van der Waals surface area contributed by atoms with Gasteiger partial charge in [0.05, 0.1) is 0 Å². The van der Waals surface area contributed by atoms with Gasteiger partial charge in [-0.2, -0.15) is 0 Å². The number of benzene rings is 1. The number of hydrogen-bond donors (Lipinski definition) is 1. The van der Waals surface area contributed by atoms with Gasteiger partial charge in [0.15, 0.2) is 0 Å². The lowest BCUT2D eigenvalue weighted by Crippen LogP contribution is -2.57. The van der Waals surface area contributed by atoms with Crippen LogP contribution >= 0.6 is 0 Å². The van der Waals surface area contributed by atoms with E-state index in [1.54, 1.807) is 0 Å². The lowest BCUT2D eigenvalue weighted by molar-refractivity contribution is 0.0666. The third-order valence-electron chi connectivity index (χ3n) is 6.36. The fraction of sp³-hybridized carbons (Fsp3) is 0.667. The molecule has 2 saturated carbocycles. The second-order valence-corrected chi connectivity index (χ2v) is 7.29. The summed E-state index contributed by atoms with van der Waals surface area (Å²) >= 11 is 0. The zero-order chi connectivity index (χ0) is 13.5. The Bertz CT molecular complexity index is 436. The standard InChI is InChI=1S/C18H27N/c1-17(2)15-9-10-16(13-15)18(17,3)19-12-11-14-7-5-4-6-8-14/h4-8,15-16,19H,9-13H2,1-3H3/t15-,16-,18+/m0/s1. The van der Waals surface area contributed by atoms with Crippen LogP contribution < -0.4 is 5.32 Å². The minimum absolute atomic E-state index is 0.338. The number of rotatable bonds is 4. The summed E-state index contributed by atoms with van der Waals surface area (Å²) in [6.45, 7) is 8.54. The highest BCUT2D eigenvalue weighted by molar-refractivity contribution is 5.17. The molecular formula is C18H27N. The van der Waals surface area contributed by atoms with Crippen LogP contribution in [-0.4, -0.2) is 12.1 Å². The molecule has 2 fully saturated rings. The van der Waals surface area contributed by atoms with Gasteiger partial charge in [0.25, 0.3) is 0 Å². The quantitative estimate of drug-likeness (QED) is 0.858. The Morgan fingerprint density at radius 1 is 1.05 bits per heavy atom. The Labute approximate surface area is 117 Å². The summed E-state index contributed by atoms with van der Waals surface area (Å²) in [5, 5.41) is 3.93. The summed E-state index contributed by atoms with van der Waals surface area (Å²) in [7, 11) is 0. The maximum atomic E-state index is 3.93. The minimum atomic E-state index is 0.338. The molecule has 1 aromatic carbocycles. The maximum Gasteiger partial charge on any atom is 0.0235 e. The SMILES string of the molecule is CC1(C)[C@H]2CC[C@@H](C2)[C@@]1(C)NCCc1ccccc1. The van der Waals surface area contributed by atoms with Gasteiger partial charge in [0, 0.05) is 5.54 Å². The van der Waals surface area contributed by atoms with E-state index >= 15 is 0 Å². The predicted octanol–water partition coefficient (Wildman–Crippen LogP) is 4.03. The molecule has 3 atom stereocenters. The zero-order valence-electron chi connectivity index (χ0n) is 12.6. The molecule has 0 saturated heterocycles. The van der Waals surface area contributed by atoms with Crippen molar-refractivity contribution in [2.75, 3.05) is 6.54 Å². The smallest absolute Gasteiger partial charge is 0.0235 e.